The summed E-state index contributed by atoms with van der Waals surface area (Å²) in [5, 5.41) is 4.97. The lowest BCUT2D eigenvalue weighted by Gasteiger charge is -2.41. The van der Waals surface area contributed by atoms with Crippen LogP contribution in [0.25, 0.3) is 10.4 Å². The van der Waals surface area contributed by atoms with Crippen LogP contribution in [-0.2, 0) is 16.0 Å². The Labute approximate surface area is 186 Å². The van der Waals surface area contributed by atoms with E-state index >= 15 is 0 Å². The maximum atomic E-state index is 13.1. The van der Waals surface area contributed by atoms with Crippen LogP contribution in [0.2, 0.25) is 0 Å². The molecule has 0 radical (unpaired) electrons. The number of amides is 2. The lowest BCUT2D eigenvalue weighted by Crippen LogP contribution is -2.62. The molecule has 1 aliphatic heterocycles. The SMILES string of the molecule is CCNC(=O)[C@@]1(Cc2ccc(-c3cccs3)cc2)CN(C(=O)c2ccccc2)CCO1. The molecule has 1 saturated heterocycles. The summed E-state index contributed by atoms with van der Waals surface area (Å²) in [6.45, 7) is 3.40. The van der Waals surface area contributed by atoms with Crippen LogP contribution in [0.4, 0.5) is 0 Å². The third-order valence-electron chi connectivity index (χ3n) is 5.49. The van der Waals surface area contributed by atoms with Crippen LogP contribution in [0.15, 0.2) is 72.1 Å². The van der Waals surface area contributed by atoms with Crippen LogP contribution in [0.3, 0.4) is 0 Å². The standard InChI is InChI=1S/C25H26N2O3S/c1-2-26-24(29)25(17-19-10-12-20(13-11-19)22-9-6-16-31-22)18-27(14-15-30-25)23(28)21-7-4-3-5-8-21/h3-13,16H,2,14-15,17-18H2,1H3,(H,26,29)/t25-/m1/s1. The maximum Gasteiger partial charge on any atom is 0.254 e. The Bertz CT molecular complexity index is 1020. The molecule has 6 heteroatoms. The molecule has 0 spiro atoms. The number of hydrogen-bond acceptors (Lipinski definition) is 4. The van der Waals surface area contributed by atoms with E-state index in [-0.39, 0.29) is 18.4 Å². The van der Waals surface area contributed by atoms with Crippen molar-refractivity contribution in [1.29, 1.82) is 0 Å². The highest BCUT2D eigenvalue weighted by Crippen LogP contribution is 2.28. The number of carbonyl (C=O) groups is 2. The number of carbonyl (C=O) groups excluding carboxylic acids is 2. The quantitative estimate of drug-likeness (QED) is 0.638. The molecule has 1 aromatic heterocycles. The number of morpholine rings is 1. The molecule has 0 aliphatic carbocycles. The molecule has 31 heavy (non-hydrogen) atoms. The average Bonchev–Trinajstić information content (AvgIpc) is 3.35. The topological polar surface area (TPSA) is 58.6 Å². The maximum absolute atomic E-state index is 13.1. The fourth-order valence-electron chi connectivity index (χ4n) is 3.93. The number of nitrogens with zero attached hydrogens (tertiary/aromatic N) is 1. The zero-order valence-electron chi connectivity index (χ0n) is 17.5. The van der Waals surface area contributed by atoms with E-state index in [0.29, 0.717) is 31.7 Å². The first-order valence-corrected chi connectivity index (χ1v) is 11.4. The van der Waals surface area contributed by atoms with Gasteiger partial charge in [-0.1, -0.05) is 48.5 Å². The van der Waals surface area contributed by atoms with Gasteiger partial charge in [-0.25, -0.2) is 0 Å². The second-order valence-electron chi connectivity index (χ2n) is 7.65. The van der Waals surface area contributed by atoms with Crippen LogP contribution in [-0.4, -0.2) is 48.6 Å². The van der Waals surface area contributed by atoms with Gasteiger partial charge in [0.25, 0.3) is 11.8 Å². The van der Waals surface area contributed by atoms with E-state index in [1.165, 1.54) is 4.88 Å². The van der Waals surface area contributed by atoms with E-state index in [0.717, 1.165) is 11.1 Å². The van der Waals surface area contributed by atoms with E-state index in [1.54, 1.807) is 28.4 Å². The molecule has 5 nitrogen and oxygen atoms in total. The normalized spacial score (nSPS) is 18.5. The Morgan fingerprint density at radius 1 is 1.06 bits per heavy atom. The predicted molar refractivity (Wildman–Crippen MR) is 123 cm³/mol. The summed E-state index contributed by atoms with van der Waals surface area (Å²) in [6.07, 6.45) is 0.405. The lowest BCUT2D eigenvalue weighted by atomic mass is 9.90. The largest absolute Gasteiger partial charge is 0.361 e. The summed E-state index contributed by atoms with van der Waals surface area (Å²) in [5.74, 6) is -0.256. The van der Waals surface area contributed by atoms with Crippen LogP contribution >= 0.6 is 11.3 Å². The van der Waals surface area contributed by atoms with Crippen molar-refractivity contribution >= 4 is 23.2 Å². The van der Waals surface area contributed by atoms with Crippen molar-refractivity contribution in [3.63, 3.8) is 0 Å². The minimum absolute atomic E-state index is 0.0781. The summed E-state index contributed by atoms with van der Waals surface area (Å²) < 4.78 is 6.10. The first kappa shape index (κ1) is 21.3. The van der Waals surface area contributed by atoms with E-state index in [2.05, 4.69) is 28.9 Å². The lowest BCUT2D eigenvalue weighted by molar-refractivity contribution is -0.157. The van der Waals surface area contributed by atoms with Gasteiger partial charge in [0.05, 0.1) is 13.2 Å². The molecule has 1 atom stereocenters. The number of likely N-dealkylation sites (N-methyl/N-ethyl adjacent to an activating group) is 1. The van der Waals surface area contributed by atoms with Gasteiger partial charge < -0.3 is 15.0 Å². The zero-order chi connectivity index (χ0) is 21.7. The third-order valence-corrected chi connectivity index (χ3v) is 6.41. The summed E-state index contributed by atoms with van der Waals surface area (Å²) in [4.78, 5) is 29.1. The number of benzene rings is 2. The number of rotatable bonds is 6. The van der Waals surface area contributed by atoms with E-state index < -0.39 is 5.60 Å². The molecule has 0 bridgehead atoms. The summed E-state index contributed by atoms with van der Waals surface area (Å²) >= 11 is 1.70. The second kappa shape index (κ2) is 9.45. The zero-order valence-corrected chi connectivity index (χ0v) is 18.4. The molecular formula is C25H26N2O3S. The minimum Gasteiger partial charge on any atom is -0.361 e. The number of ether oxygens (including phenoxy) is 1. The average molecular weight is 435 g/mol. The molecule has 1 aliphatic rings. The summed E-state index contributed by atoms with van der Waals surface area (Å²) in [5.41, 5.74) is 1.66. The highest BCUT2D eigenvalue weighted by atomic mass is 32.1. The van der Waals surface area contributed by atoms with Gasteiger partial charge in [0, 0.05) is 30.0 Å². The molecule has 1 fully saturated rings. The van der Waals surface area contributed by atoms with Gasteiger partial charge in [-0.3, -0.25) is 9.59 Å². The third kappa shape index (κ3) is 4.70. The molecule has 4 rings (SSSR count). The number of thiophene rings is 1. The van der Waals surface area contributed by atoms with Gasteiger partial charge in [0.1, 0.15) is 0 Å². The smallest absolute Gasteiger partial charge is 0.254 e. The minimum atomic E-state index is -1.11. The molecule has 3 aromatic rings. The van der Waals surface area contributed by atoms with Crippen LogP contribution in [0, 0.1) is 0 Å². The molecule has 2 heterocycles. The second-order valence-corrected chi connectivity index (χ2v) is 8.59. The number of hydrogen-bond donors (Lipinski definition) is 1. The fraction of sp³-hybridized carbons (Fsp3) is 0.280. The Morgan fingerprint density at radius 3 is 2.52 bits per heavy atom. The highest BCUT2D eigenvalue weighted by Gasteiger charge is 2.45. The van der Waals surface area contributed by atoms with Gasteiger partial charge >= 0.3 is 0 Å². The van der Waals surface area contributed by atoms with Crippen molar-refractivity contribution in [2.45, 2.75) is 18.9 Å². The Balaban J connectivity index is 1.58. The van der Waals surface area contributed by atoms with Crippen molar-refractivity contribution in [2.24, 2.45) is 0 Å². The molecule has 1 N–H and O–H groups in total. The molecule has 0 saturated carbocycles. The number of nitrogens with one attached hydrogen (secondary N) is 1. The van der Waals surface area contributed by atoms with Crippen molar-refractivity contribution in [2.75, 3.05) is 26.2 Å². The predicted octanol–water partition coefficient (Wildman–Crippen LogP) is 4.01. The van der Waals surface area contributed by atoms with E-state index in [9.17, 15) is 9.59 Å². The molecular weight excluding hydrogens is 408 g/mol. The van der Waals surface area contributed by atoms with Crippen LogP contribution in [0.1, 0.15) is 22.8 Å². The summed E-state index contributed by atoms with van der Waals surface area (Å²) in [7, 11) is 0. The molecule has 2 amide bonds. The van der Waals surface area contributed by atoms with Crippen molar-refractivity contribution in [3.05, 3.63) is 83.2 Å². The Hall–Kier alpha value is -2.96. The van der Waals surface area contributed by atoms with Gasteiger partial charge in [-0.15, -0.1) is 11.3 Å². The Morgan fingerprint density at radius 2 is 1.84 bits per heavy atom. The molecule has 0 unspecified atom stereocenters. The van der Waals surface area contributed by atoms with E-state index in [4.69, 9.17) is 4.74 Å². The van der Waals surface area contributed by atoms with Gasteiger partial charge in [0.2, 0.25) is 0 Å². The van der Waals surface area contributed by atoms with Gasteiger partial charge in [0.15, 0.2) is 5.60 Å². The van der Waals surface area contributed by atoms with Crippen LogP contribution in [0.5, 0.6) is 0 Å². The van der Waals surface area contributed by atoms with Crippen molar-refractivity contribution in [1.82, 2.24) is 10.2 Å². The summed E-state index contributed by atoms with van der Waals surface area (Å²) in [6, 6.07) is 21.5. The van der Waals surface area contributed by atoms with Crippen LogP contribution < -0.4 is 5.32 Å². The highest BCUT2D eigenvalue weighted by molar-refractivity contribution is 7.13. The van der Waals surface area contributed by atoms with Crippen molar-refractivity contribution < 1.29 is 14.3 Å². The molecule has 2 aromatic carbocycles. The molecule has 160 valence electrons. The fourth-order valence-corrected chi connectivity index (χ4v) is 4.66. The monoisotopic (exact) mass is 434 g/mol. The van der Waals surface area contributed by atoms with Crippen molar-refractivity contribution in [3.8, 4) is 10.4 Å². The first-order valence-electron chi connectivity index (χ1n) is 10.5. The van der Waals surface area contributed by atoms with Gasteiger partial charge in [-0.05, 0) is 41.6 Å². The van der Waals surface area contributed by atoms with E-state index in [1.807, 2.05) is 43.3 Å². The Kier molecular flexibility index (Phi) is 6.49. The first-order chi connectivity index (χ1) is 15.1. The van der Waals surface area contributed by atoms with Gasteiger partial charge in [-0.2, -0.15) is 0 Å².